The van der Waals surface area contributed by atoms with Crippen LogP contribution < -0.4 is 20.3 Å². The van der Waals surface area contributed by atoms with E-state index in [1.165, 1.54) is 0 Å². The Bertz CT molecular complexity index is 1080. The van der Waals surface area contributed by atoms with Gasteiger partial charge < -0.3 is 24.3 Å². The van der Waals surface area contributed by atoms with Crippen LogP contribution in [0.15, 0.2) is 35.1 Å². The first-order chi connectivity index (χ1) is 15.8. The molecule has 33 heavy (non-hydrogen) atoms. The first-order valence-electron chi connectivity index (χ1n) is 11.3. The molecule has 1 atom stereocenters. The lowest BCUT2D eigenvalue weighted by molar-refractivity contribution is -0.143. The summed E-state index contributed by atoms with van der Waals surface area (Å²) in [6.45, 7) is 7.45. The maximum Gasteiger partial charge on any atom is 0.316 e. The molecule has 1 unspecified atom stereocenters. The van der Waals surface area contributed by atoms with Gasteiger partial charge in [0.15, 0.2) is 5.69 Å². The molecule has 4 rings (SSSR count). The van der Waals surface area contributed by atoms with Crippen molar-refractivity contribution < 1.29 is 19.1 Å². The summed E-state index contributed by atoms with van der Waals surface area (Å²) in [5.41, 5.74) is -1.45. The molecule has 2 aliphatic rings. The van der Waals surface area contributed by atoms with Crippen LogP contribution in [0.3, 0.4) is 0 Å². The van der Waals surface area contributed by atoms with E-state index in [-0.39, 0.29) is 23.4 Å². The number of fused-ring (bicyclic) bond motifs is 1. The smallest absolute Gasteiger partial charge is 0.316 e. The van der Waals surface area contributed by atoms with E-state index in [1.54, 1.807) is 30.2 Å². The minimum atomic E-state index is -0.837. The monoisotopic (exact) mass is 454 g/mol. The van der Waals surface area contributed by atoms with Crippen molar-refractivity contribution in [2.75, 3.05) is 26.2 Å². The van der Waals surface area contributed by atoms with E-state index < -0.39 is 16.9 Å². The van der Waals surface area contributed by atoms with Gasteiger partial charge in [0, 0.05) is 13.1 Å². The summed E-state index contributed by atoms with van der Waals surface area (Å²) < 4.78 is 13.0. The highest BCUT2D eigenvalue weighted by Gasteiger charge is 2.36. The van der Waals surface area contributed by atoms with Crippen molar-refractivity contribution in [2.45, 2.75) is 46.2 Å². The molecule has 2 aliphatic heterocycles. The van der Waals surface area contributed by atoms with Gasteiger partial charge in [0.1, 0.15) is 18.2 Å². The van der Waals surface area contributed by atoms with Crippen LogP contribution in [0.25, 0.3) is 0 Å². The van der Waals surface area contributed by atoms with E-state index in [9.17, 15) is 14.4 Å². The zero-order valence-corrected chi connectivity index (χ0v) is 19.3. The number of carbonyl (C=O) groups is 2. The van der Waals surface area contributed by atoms with Crippen molar-refractivity contribution in [1.82, 2.24) is 19.8 Å². The van der Waals surface area contributed by atoms with E-state index in [2.05, 4.69) is 10.3 Å². The topological polar surface area (TPSA) is 103 Å². The maximum atomic E-state index is 13.5. The van der Waals surface area contributed by atoms with Crippen molar-refractivity contribution in [2.24, 2.45) is 5.41 Å². The molecule has 9 heteroatoms. The van der Waals surface area contributed by atoms with E-state index >= 15 is 0 Å². The first kappa shape index (κ1) is 23.0. The van der Waals surface area contributed by atoms with Gasteiger partial charge in [0.2, 0.25) is 5.75 Å². The molecular formula is C24H30N4O5. The Hall–Kier alpha value is -3.20. The Kier molecular flexibility index (Phi) is 6.51. The number of para-hydroxylation sites is 1. The Morgan fingerprint density at radius 2 is 1.94 bits per heavy atom. The second-order valence-corrected chi connectivity index (χ2v) is 9.35. The Morgan fingerprint density at radius 3 is 2.61 bits per heavy atom. The summed E-state index contributed by atoms with van der Waals surface area (Å²) >= 11 is 0. The molecule has 1 aromatic carbocycles. The third-order valence-electron chi connectivity index (χ3n) is 5.81. The van der Waals surface area contributed by atoms with E-state index in [1.807, 2.05) is 30.3 Å². The summed E-state index contributed by atoms with van der Waals surface area (Å²) in [6.07, 6.45) is 1.79. The van der Waals surface area contributed by atoms with Gasteiger partial charge in [0.05, 0.1) is 18.0 Å². The average Bonchev–Trinajstić information content (AvgIpc) is 3.31. The largest absolute Gasteiger partial charge is 0.492 e. The highest BCUT2D eigenvalue weighted by molar-refractivity contribution is 5.96. The van der Waals surface area contributed by atoms with E-state index in [0.29, 0.717) is 32.1 Å². The zero-order valence-electron chi connectivity index (χ0n) is 19.3. The predicted molar refractivity (Wildman–Crippen MR) is 121 cm³/mol. The summed E-state index contributed by atoms with van der Waals surface area (Å²) in [5, 5.41) is 3.34. The van der Waals surface area contributed by atoms with Gasteiger partial charge in [-0.05, 0) is 52.3 Å². The number of hydrogen-bond donors (Lipinski definition) is 1. The molecule has 0 spiro atoms. The summed E-state index contributed by atoms with van der Waals surface area (Å²) in [7, 11) is 0. The SMILES string of the molecule is CC(C)(C)C(=O)Oc1c2n(c(C3CCCN3)nc1=O)CCN(CCOc1ccccc1)C2=O. The van der Waals surface area contributed by atoms with Crippen LogP contribution in [0.1, 0.15) is 56.0 Å². The molecule has 0 bridgehead atoms. The van der Waals surface area contributed by atoms with Crippen LogP contribution in [0.2, 0.25) is 0 Å². The number of aromatic nitrogens is 2. The summed E-state index contributed by atoms with van der Waals surface area (Å²) in [4.78, 5) is 44.9. The molecule has 0 radical (unpaired) electrons. The van der Waals surface area contributed by atoms with Crippen molar-refractivity contribution >= 4 is 11.9 Å². The molecule has 0 aliphatic carbocycles. The fourth-order valence-corrected chi connectivity index (χ4v) is 3.98. The summed E-state index contributed by atoms with van der Waals surface area (Å²) in [5.74, 6) is -0.00856. The van der Waals surface area contributed by atoms with Gasteiger partial charge in [0.25, 0.3) is 5.91 Å². The Labute approximate surface area is 192 Å². The fourth-order valence-electron chi connectivity index (χ4n) is 3.98. The van der Waals surface area contributed by atoms with Crippen LogP contribution in [-0.4, -0.2) is 52.6 Å². The number of nitrogens with zero attached hydrogens (tertiary/aromatic N) is 3. The lowest BCUT2D eigenvalue weighted by Crippen LogP contribution is -2.46. The van der Waals surface area contributed by atoms with Crippen LogP contribution >= 0.6 is 0 Å². The highest BCUT2D eigenvalue weighted by Crippen LogP contribution is 2.28. The molecule has 1 amide bonds. The first-order valence-corrected chi connectivity index (χ1v) is 11.3. The molecule has 1 aromatic heterocycles. The van der Waals surface area contributed by atoms with Crippen molar-refractivity contribution in [3.05, 3.63) is 52.2 Å². The lowest BCUT2D eigenvalue weighted by Gasteiger charge is -2.33. The molecule has 1 fully saturated rings. The zero-order chi connectivity index (χ0) is 23.6. The second kappa shape index (κ2) is 9.35. The Morgan fingerprint density at radius 1 is 1.18 bits per heavy atom. The van der Waals surface area contributed by atoms with Crippen LogP contribution in [-0.2, 0) is 11.3 Å². The molecule has 2 aromatic rings. The number of carbonyl (C=O) groups excluding carboxylic acids is 2. The molecule has 176 valence electrons. The van der Waals surface area contributed by atoms with Gasteiger partial charge in [-0.1, -0.05) is 18.2 Å². The van der Waals surface area contributed by atoms with Gasteiger partial charge in [-0.2, -0.15) is 4.98 Å². The molecular weight excluding hydrogens is 424 g/mol. The molecule has 3 heterocycles. The van der Waals surface area contributed by atoms with Crippen LogP contribution in [0.5, 0.6) is 11.5 Å². The van der Waals surface area contributed by atoms with Crippen molar-refractivity contribution in [3.63, 3.8) is 0 Å². The van der Waals surface area contributed by atoms with Gasteiger partial charge in [-0.25, -0.2) is 0 Å². The highest BCUT2D eigenvalue weighted by atomic mass is 16.5. The average molecular weight is 455 g/mol. The van der Waals surface area contributed by atoms with Crippen molar-refractivity contribution in [3.8, 4) is 11.5 Å². The number of hydrogen-bond acceptors (Lipinski definition) is 7. The van der Waals surface area contributed by atoms with Crippen molar-refractivity contribution in [1.29, 1.82) is 0 Å². The minimum Gasteiger partial charge on any atom is -0.492 e. The quantitative estimate of drug-likeness (QED) is 0.667. The van der Waals surface area contributed by atoms with Crippen LogP contribution in [0.4, 0.5) is 0 Å². The number of benzene rings is 1. The number of esters is 1. The standard InChI is InChI=1S/C24H30N4O5/c1-24(2,3)23(31)33-19-18-22(30)27(14-15-32-16-8-5-4-6-9-16)12-13-28(18)20(26-21(19)29)17-10-7-11-25-17/h4-6,8-9,17,25H,7,10-15H2,1-3H3. The van der Waals surface area contributed by atoms with E-state index in [0.717, 1.165) is 25.1 Å². The third-order valence-corrected chi connectivity index (χ3v) is 5.81. The van der Waals surface area contributed by atoms with Crippen LogP contribution in [0, 0.1) is 5.41 Å². The minimum absolute atomic E-state index is 0.0854. The molecule has 0 saturated carbocycles. The van der Waals surface area contributed by atoms with Gasteiger partial charge in [-0.15, -0.1) is 0 Å². The fraction of sp³-hybridized carbons (Fsp3) is 0.500. The van der Waals surface area contributed by atoms with E-state index in [4.69, 9.17) is 9.47 Å². The maximum absolute atomic E-state index is 13.5. The third kappa shape index (κ3) is 4.93. The number of ether oxygens (including phenoxy) is 2. The molecule has 1 N–H and O–H groups in total. The predicted octanol–water partition coefficient (Wildman–Crippen LogP) is 2.15. The van der Waals surface area contributed by atoms with Gasteiger partial charge in [-0.3, -0.25) is 14.4 Å². The summed E-state index contributed by atoms with van der Waals surface area (Å²) in [6, 6.07) is 9.26. The molecule has 9 nitrogen and oxygen atoms in total. The van der Waals surface area contributed by atoms with Gasteiger partial charge >= 0.3 is 11.5 Å². The number of nitrogens with one attached hydrogen (secondary N) is 1. The number of amides is 1. The molecule has 1 saturated heterocycles. The second-order valence-electron chi connectivity index (χ2n) is 9.35. The number of rotatable bonds is 6. The lowest BCUT2D eigenvalue weighted by atomic mass is 9.97. The normalized spacial score (nSPS) is 18.2. The Balaban J connectivity index is 1.64.